The number of benzene rings is 1. The number of phenols is 2. The molecule has 94 valence electrons. The van der Waals surface area contributed by atoms with Gasteiger partial charge >= 0.3 is 0 Å². The second-order valence-electron chi connectivity index (χ2n) is 4.51. The first-order valence-corrected chi connectivity index (χ1v) is 5.69. The number of amides is 1. The number of nitrogens with zero attached hydrogens (tertiary/aromatic N) is 1. The van der Waals surface area contributed by atoms with Crippen LogP contribution in [-0.2, 0) is 0 Å². The number of carbonyl (C=O) groups excluding carboxylic acids is 1. The Kier molecular flexibility index (Phi) is 3.88. The summed E-state index contributed by atoms with van der Waals surface area (Å²) in [6, 6.07) is 3.97. The van der Waals surface area contributed by atoms with Crippen molar-refractivity contribution in [1.82, 2.24) is 4.90 Å². The molecule has 0 aliphatic carbocycles. The molecule has 0 saturated heterocycles. The first kappa shape index (κ1) is 13.6. The lowest BCUT2D eigenvalue weighted by atomic mass is 10.0. The molecule has 0 heterocycles. The molecule has 0 saturated carbocycles. The molecule has 5 heteroatoms. The second-order valence-corrected chi connectivity index (χ2v) is 4.78. The van der Waals surface area contributed by atoms with Crippen molar-refractivity contribution in [3.05, 3.63) is 23.8 Å². The lowest BCUT2D eigenvalue weighted by molar-refractivity contribution is 0.0660. The molecule has 4 nitrogen and oxygen atoms in total. The number of aromatic hydroxyl groups is 2. The minimum Gasteiger partial charge on any atom is -0.504 e. The van der Waals surface area contributed by atoms with Gasteiger partial charge in [0, 0.05) is 18.5 Å². The van der Waals surface area contributed by atoms with Gasteiger partial charge in [0.05, 0.1) is 5.54 Å². The minimum absolute atomic E-state index is 0.249. The van der Waals surface area contributed by atoms with Gasteiger partial charge in [0.25, 0.3) is 5.91 Å². The van der Waals surface area contributed by atoms with Gasteiger partial charge in [-0.05, 0) is 32.0 Å². The highest BCUT2D eigenvalue weighted by molar-refractivity contribution is 6.18. The van der Waals surface area contributed by atoms with Gasteiger partial charge in [0.1, 0.15) is 0 Å². The van der Waals surface area contributed by atoms with Crippen molar-refractivity contribution in [2.45, 2.75) is 19.4 Å². The summed E-state index contributed by atoms with van der Waals surface area (Å²) in [6.07, 6.45) is 0. The van der Waals surface area contributed by atoms with Crippen molar-refractivity contribution in [2.24, 2.45) is 0 Å². The highest BCUT2D eigenvalue weighted by Gasteiger charge is 2.27. The van der Waals surface area contributed by atoms with Gasteiger partial charge in [0.15, 0.2) is 11.5 Å². The summed E-state index contributed by atoms with van der Waals surface area (Å²) in [5, 5.41) is 18.5. The smallest absolute Gasteiger partial charge is 0.254 e. The summed E-state index contributed by atoms with van der Waals surface area (Å²) < 4.78 is 0. The van der Waals surface area contributed by atoms with Gasteiger partial charge in [-0.3, -0.25) is 4.79 Å². The summed E-state index contributed by atoms with van der Waals surface area (Å²) in [5.74, 6) is -0.515. The molecule has 0 aromatic heterocycles. The molecule has 0 radical (unpaired) electrons. The normalized spacial score (nSPS) is 11.3. The Labute approximate surface area is 105 Å². The SMILES string of the molecule is CN(C(=O)c1ccc(O)c(O)c1)C(C)(C)CCl. The number of hydrogen-bond acceptors (Lipinski definition) is 3. The molecule has 17 heavy (non-hydrogen) atoms. The van der Waals surface area contributed by atoms with Crippen LogP contribution in [0.4, 0.5) is 0 Å². The van der Waals surface area contributed by atoms with E-state index in [1.54, 1.807) is 7.05 Å². The van der Waals surface area contributed by atoms with E-state index in [0.29, 0.717) is 11.4 Å². The summed E-state index contributed by atoms with van der Waals surface area (Å²) >= 11 is 5.79. The molecule has 0 aliphatic rings. The number of alkyl halides is 1. The van der Waals surface area contributed by atoms with E-state index < -0.39 is 5.54 Å². The van der Waals surface area contributed by atoms with Crippen molar-refractivity contribution >= 4 is 17.5 Å². The summed E-state index contributed by atoms with van der Waals surface area (Å²) in [5.41, 5.74) is -0.174. The van der Waals surface area contributed by atoms with Gasteiger partial charge in [-0.1, -0.05) is 0 Å². The average molecular weight is 258 g/mol. The van der Waals surface area contributed by atoms with E-state index in [1.165, 1.54) is 23.1 Å². The number of phenolic OH excluding ortho intramolecular Hbond substituents is 2. The third-order valence-corrected chi connectivity index (χ3v) is 3.42. The highest BCUT2D eigenvalue weighted by atomic mass is 35.5. The van der Waals surface area contributed by atoms with Gasteiger partial charge in [-0.25, -0.2) is 0 Å². The monoisotopic (exact) mass is 257 g/mol. The standard InChI is InChI=1S/C12H16ClNO3/c1-12(2,7-13)14(3)11(17)8-4-5-9(15)10(16)6-8/h4-6,15-16H,7H2,1-3H3. The van der Waals surface area contributed by atoms with Crippen molar-refractivity contribution in [1.29, 1.82) is 0 Å². The number of hydrogen-bond donors (Lipinski definition) is 2. The Morgan fingerprint density at radius 3 is 2.41 bits per heavy atom. The van der Waals surface area contributed by atoms with E-state index in [1.807, 2.05) is 13.8 Å². The summed E-state index contributed by atoms with van der Waals surface area (Å²) in [4.78, 5) is 13.6. The number of carbonyl (C=O) groups is 1. The number of rotatable bonds is 3. The van der Waals surface area contributed by atoms with E-state index in [-0.39, 0.29) is 17.4 Å². The Morgan fingerprint density at radius 2 is 1.94 bits per heavy atom. The molecule has 1 amide bonds. The van der Waals surface area contributed by atoms with Crippen LogP contribution in [0.15, 0.2) is 18.2 Å². The van der Waals surface area contributed by atoms with Crippen LogP contribution >= 0.6 is 11.6 Å². The Hall–Kier alpha value is -1.42. The zero-order chi connectivity index (χ0) is 13.2. The first-order chi connectivity index (χ1) is 7.79. The first-order valence-electron chi connectivity index (χ1n) is 5.15. The fourth-order valence-electron chi connectivity index (χ4n) is 1.21. The molecular weight excluding hydrogens is 242 g/mol. The fourth-order valence-corrected chi connectivity index (χ4v) is 1.39. The fraction of sp³-hybridized carbons (Fsp3) is 0.417. The van der Waals surface area contributed by atoms with Crippen molar-refractivity contribution in [2.75, 3.05) is 12.9 Å². The molecule has 0 bridgehead atoms. The Morgan fingerprint density at radius 1 is 1.35 bits per heavy atom. The molecular formula is C12H16ClNO3. The van der Waals surface area contributed by atoms with E-state index in [0.717, 1.165) is 0 Å². The van der Waals surface area contributed by atoms with Crippen LogP contribution in [0.5, 0.6) is 11.5 Å². The highest BCUT2D eigenvalue weighted by Crippen LogP contribution is 2.26. The van der Waals surface area contributed by atoms with Gasteiger partial charge in [-0.2, -0.15) is 0 Å². The molecule has 1 rings (SSSR count). The summed E-state index contributed by atoms with van der Waals surface area (Å²) in [7, 11) is 1.65. The maximum absolute atomic E-state index is 12.1. The van der Waals surface area contributed by atoms with Crippen LogP contribution in [0.2, 0.25) is 0 Å². The quantitative estimate of drug-likeness (QED) is 0.645. The zero-order valence-corrected chi connectivity index (χ0v) is 10.8. The zero-order valence-electron chi connectivity index (χ0n) is 10.1. The van der Waals surface area contributed by atoms with Gasteiger partial charge < -0.3 is 15.1 Å². The maximum atomic E-state index is 12.1. The van der Waals surface area contributed by atoms with E-state index >= 15 is 0 Å². The molecule has 1 aromatic rings. The van der Waals surface area contributed by atoms with Crippen LogP contribution in [-0.4, -0.2) is 39.5 Å². The third-order valence-electron chi connectivity index (χ3n) is 2.76. The van der Waals surface area contributed by atoms with Crippen LogP contribution in [0.1, 0.15) is 24.2 Å². The predicted octanol–water partition coefficient (Wildman–Crippen LogP) is 2.19. The van der Waals surface area contributed by atoms with Crippen molar-refractivity contribution in [3.8, 4) is 11.5 Å². The predicted molar refractivity (Wildman–Crippen MR) is 66.7 cm³/mol. The molecule has 2 N–H and O–H groups in total. The average Bonchev–Trinajstić information content (AvgIpc) is 2.30. The van der Waals surface area contributed by atoms with E-state index in [2.05, 4.69) is 0 Å². The summed E-state index contributed by atoms with van der Waals surface area (Å²) in [6.45, 7) is 3.69. The largest absolute Gasteiger partial charge is 0.504 e. The molecule has 0 aliphatic heterocycles. The van der Waals surface area contributed by atoms with Crippen LogP contribution in [0.25, 0.3) is 0 Å². The van der Waals surface area contributed by atoms with Crippen molar-refractivity contribution in [3.63, 3.8) is 0 Å². The Bertz CT molecular complexity index is 432. The number of halogens is 1. The van der Waals surface area contributed by atoms with E-state index in [9.17, 15) is 15.0 Å². The molecule has 1 aromatic carbocycles. The molecule has 0 spiro atoms. The van der Waals surface area contributed by atoms with Crippen molar-refractivity contribution < 1.29 is 15.0 Å². The molecule has 0 fully saturated rings. The van der Waals surface area contributed by atoms with Crippen LogP contribution < -0.4 is 0 Å². The third kappa shape index (κ3) is 2.82. The van der Waals surface area contributed by atoms with Crippen LogP contribution in [0, 0.1) is 0 Å². The minimum atomic E-state index is -0.480. The van der Waals surface area contributed by atoms with Crippen LogP contribution in [0.3, 0.4) is 0 Å². The maximum Gasteiger partial charge on any atom is 0.254 e. The second kappa shape index (κ2) is 4.84. The van der Waals surface area contributed by atoms with E-state index in [4.69, 9.17) is 11.6 Å². The topological polar surface area (TPSA) is 60.8 Å². The van der Waals surface area contributed by atoms with Gasteiger partial charge in [0.2, 0.25) is 0 Å². The van der Waals surface area contributed by atoms with Gasteiger partial charge in [-0.15, -0.1) is 11.6 Å². The lowest BCUT2D eigenvalue weighted by Gasteiger charge is -2.34. The lowest BCUT2D eigenvalue weighted by Crippen LogP contribution is -2.46. The Balaban J connectivity index is 3.01. The molecule has 0 atom stereocenters. The molecule has 0 unspecified atom stereocenters.